The number of rotatable bonds is 4. The molecule has 1 aliphatic carbocycles. The van der Waals surface area contributed by atoms with Crippen LogP contribution in [0, 0.1) is 6.92 Å². The van der Waals surface area contributed by atoms with Gasteiger partial charge in [0.1, 0.15) is 22.8 Å². The maximum atomic E-state index is 12.4. The van der Waals surface area contributed by atoms with Crippen molar-refractivity contribution in [3.8, 4) is 11.3 Å². The fraction of sp³-hybridized carbons (Fsp3) is 0.444. The zero-order valence-corrected chi connectivity index (χ0v) is 15.4. The monoisotopic (exact) mass is 358 g/mol. The predicted molar refractivity (Wildman–Crippen MR) is 95.1 cm³/mol. The number of halogens is 1. The third-order valence-electron chi connectivity index (χ3n) is 4.75. The molecule has 3 aromatic heterocycles. The Kier molecular flexibility index (Phi) is 3.68. The van der Waals surface area contributed by atoms with Gasteiger partial charge in [-0.25, -0.2) is 9.97 Å². The number of Topliss-reactive ketones (excluding diaryl/α,β-unsaturated/α-hetero) is 1. The van der Waals surface area contributed by atoms with Gasteiger partial charge in [0.15, 0.2) is 11.5 Å². The second kappa shape index (κ2) is 5.66. The molecule has 0 aromatic carbocycles. The SMILES string of the molecule is CC(=O)c1c(-c2c(C)n(C(C)C)c3ncnc(Cl)c23)noc1C1CC1. The van der Waals surface area contributed by atoms with Gasteiger partial charge in [-0.1, -0.05) is 16.8 Å². The van der Waals surface area contributed by atoms with Crippen LogP contribution < -0.4 is 0 Å². The Labute approximate surface area is 150 Å². The number of fused-ring (bicyclic) bond motifs is 1. The van der Waals surface area contributed by atoms with Crippen molar-refractivity contribution < 1.29 is 9.32 Å². The summed E-state index contributed by atoms with van der Waals surface area (Å²) in [6, 6.07) is 0.179. The fourth-order valence-corrected chi connectivity index (χ4v) is 3.80. The summed E-state index contributed by atoms with van der Waals surface area (Å²) in [7, 11) is 0. The highest BCUT2D eigenvalue weighted by Gasteiger charge is 2.36. The van der Waals surface area contributed by atoms with Crippen LogP contribution in [0.15, 0.2) is 10.9 Å². The van der Waals surface area contributed by atoms with Crippen LogP contribution in [-0.2, 0) is 0 Å². The Balaban J connectivity index is 2.09. The van der Waals surface area contributed by atoms with E-state index in [2.05, 4.69) is 33.5 Å². The summed E-state index contributed by atoms with van der Waals surface area (Å²) in [5.41, 5.74) is 3.59. The lowest BCUT2D eigenvalue weighted by atomic mass is 10.00. The van der Waals surface area contributed by atoms with Crippen LogP contribution >= 0.6 is 11.6 Å². The molecule has 130 valence electrons. The molecule has 4 rings (SSSR count). The normalized spacial score (nSPS) is 14.6. The Bertz CT molecular complexity index is 998. The number of ketones is 1. The van der Waals surface area contributed by atoms with Gasteiger partial charge < -0.3 is 9.09 Å². The molecule has 0 N–H and O–H groups in total. The second-order valence-electron chi connectivity index (χ2n) is 6.89. The highest BCUT2D eigenvalue weighted by molar-refractivity contribution is 6.35. The van der Waals surface area contributed by atoms with E-state index in [1.165, 1.54) is 6.33 Å². The first-order valence-electron chi connectivity index (χ1n) is 8.43. The molecule has 0 amide bonds. The second-order valence-corrected chi connectivity index (χ2v) is 7.25. The topological polar surface area (TPSA) is 73.8 Å². The van der Waals surface area contributed by atoms with Gasteiger partial charge in [-0.15, -0.1) is 0 Å². The maximum absolute atomic E-state index is 12.4. The molecule has 7 heteroatoms. The van der Waals surface area contributed by atoms with Gasteiger partial charge in [-0.2, -0.15) is 0 Å². The van der Waals surface area contributed by atoms with Crippen molar-refractivity contribution in [2.24, 2.45) is 0 Å². The number of aromatic nitrogens is 4. The van der Waals surface area contributed by atoms with E-state index in [9.17, 15) is 4.79 Å². The molecule has 0 bridgehead atoms. The Morgan fingerprint density at radius 3 is 2.68 bits per heavy atom. The van der Waals surface area contributed by atoms with Crippen LogP contribution in [0.25, 0.3) is 22.3 Å². The summed E-state index contributed by atoms with van der Waals surface area (Å²) in [5, 5.41) is 5.34. The maximum Gasteiger partial charge on any atom is 0.165 e. The van der Waals surface area contributed by atoms with Crippen molar-refractivity contribution in [3.63, 3.8) is 0 Å². The van der Waals surface area contributed by atoms with Crippen molar-refractivity contribution in [3.05, 3.63) is 28.5 Å². The minimum Gasteiger partial charge on any atom is -0.360 e. The standard InChI is InChI=1S/C18H19ClN4O2/c1-8(2)23-9(3)12(14-17(19)20-7-21-18(14)23)15-13(10(4)24)16(25-22-15)11-5-6-11/h7-8,11H,5-6H2,1-4H3. The first kappa shape index (κ1) is 16.3. The van der Waals surface area contributed by atoms with Crippen LogP contribution in [-0.4, -0.2) is 25.5 Å². The van der Waals surface area contributed by atoms with Gasteiger partial charge in [0.25, 0.3) is 0 Å². The molecule has 3 heterocycles. The van der Waals surface area contributed by atoms with E-state index in [0.717, 1.165) is 29.7 Å². The van der Waals surface area contributed by atoms with E-state index >= 15 is 0 Å². The van der Waals surface area contributed by atoms with Crippen molar-refractivity contribution >= 4 is 28.4 Å². The Morgan fingerprint density at radius 2 is 2.08 bits per heavy atom. The van der Waals surface area contributed by atoms with Crippen LogP contribution in [0.1, 0.15) is 67.4 Å². The lowest BCUT2D eigenvalue weighted by Crippen LogP contribution is -2.04. The number of hydrogen-bond acceptors (Lipinski definition) is 5. The van der Waals surface area contributed by atoms with Crippen molar-refractivity contribution in [2.45, 2.75) is 52.5 Å². The third kappa shape index (κ3) is 2.39. The molecule has 6 nitrogen and oxygen atoms in total. The van der Waals surface area contributed by atoms with Crippen LogP contribution in [0.5, 0.6) is 0 Å². The first-order valence-corrected chi connectivity index (χ1v) is 8.81. The average Bonchev–Trinajstić information content (AvgIpc) is 3.21. The molecule has 0 aliphatic heterocycles. The molecule has 3 aromatic rings. The van der Waals surface area contributed by atoms with E-state index in [1.54, 1.807) is 6.92 Å². The third-order valence-corrected chi connectivity index (χ3v) is 5.04. The molecule has 0 radical (unpaired) electrons. The molecule has 0 atom stereocenters. The lowest BCUT2D eigenvalue weighted by molar-refractivity contribution is 0.101. The first-order chi connectivity index (χ1) is 11.9. The van der Waals surface area contributed by atoms with Gasteiger partial charge in [-0.05, 0) is 40.5 Å². The van der Waals surface area contributed by atoms with Gasteiger partial charge in [0.2, 0.25) is 0 Å². The van der Waals surface area contributed by atoms with E-state index < -0.39 is 0 Å². The zero-order valence-electron chi connectivity index (χ0n) is 14.6. The van der Waals surface area contributed by atoms with Crippen LogP contribution in [0.2, 0.25) is 5.15 Å². The summed E-state index contributed by atoms with van der Waals surface area (Å²) in [6.45, 7) is 7.70. The summed E-state index contributed by atoms with van der Waals surface area (Å²) in [5.74, 6) is 0.946. The van der Waals surface area contributed by atoms with E-state index in [4.69, 9.17) is 16.1 Å². The van der Waals surface area contributed by atoms with Crippen molar-refractivity contribution in [2.75, 3.05) is 0 Å². The van der Waals surface area contributed by atoms with Gasteiger partial charge in [0.05, 0.1) is 10.9 Å². The van der Waals surface area contributed by atoms with Gasteiger partial charge in [-0.3, -0.25) is 4.79 Å². The molecule has 25 heavy (non-hydrogen) atoms. The number of carbonyl (C=O) groups excluding carboxylic acids is 1. The molecule has 0 unspecified atom stereocenters. The lowest BCUT2D eigenvalue weighted by Gasteiger charge is -2.11. The summed E-state index contributed by atoms with van der Waals surface area (Å²) in [6.07, 6.45) is 3.52. The molecular weight excluding hydrogens is 340 g/mol. The average molecular weight is 359 g/mol. The van der Waals surface area contributed by atoms with Gasteiger partial charge >= 0.3 is 0 Å². The molecule has 1 fully saturated rings. The molecule has 0 saturated heterocycles. The highest BCUT2D eigenvalue weighted by Crippen LogP contribution is 2.46. The van der Waals surface area contributed by atoms with Crippen molar-refractivity contribution in [1.29, 1.82) is 0 Å². The fourth-order valence-electron chi connectivity index (χ4n) is 3.57. The quantitative estimate of drug-likeness (QED) is 0.498. The Hall–Kier alpha value is -2.21. The molecule has 1 saturated carbocycles. The number of carbonyl (C=O) groups is 1. The largest absolute Gasteiger partial charge is 0.360 e. The van der Waals surface area contributed by atoms with E-state index in [1.807, 2.05) is 6.92 Å². The van der Waals surface area contributed by atoms with Crippen LogP contribution in [0.4, 0.5) is 0 Å². The summed E-state index contributed by atoms with van der Waals surface area (Å²) < 4.78 is 7.68. The summed E-state index contributed by atoms with van der Waals surface area (Å²) >= 11 is 6.41. The summed E-state index contributed by atoms with van der Waals surface area (Å²) in [4.78, 5) is 20.9. The van der Waals surface area contributed by atoms with E-state index in [-0.39, 0.29) is 11.8 Å². The zero-order chi connectivity index (χ0) is 17.9. The number of nitrogens with zero attached hydrogens (tertiary/aromatic N) is 4. The molecular formula is C18H19ClN4O2. The highest BCUT2D eigenvalue weighted by atomic mass is 35.5. The minimum absolute atomic E-state index is 0.0454. The molecule has 1 aliphatic rings. The Morgan fingerprint density at radius 1 is 1.36 bits per heavy atom. The smallest absolute Gasteiger partial charge is 0.165 e. The van der Waals surface area contributed by atoms with E-state index in [0.29, 0.717) is 33.5 Å². The minimum atomic E-state index is -0.0454. The predicted octanol–water partition coefficient (Wildman–Crippen LogP) is 4.71. The van der Waals surface area contributed by atoms with Gasteiger partial charge in [0, 0.05) is 23.2 Å². The van der Waals surface area contributed by atoms with Crippen molar-refractivity contribution in [1.82, 2.24) is 19.7 Å². The van der Waals surface area contributed by atoms with Crippen LogP contribution in [0.3, 0.4) is 0 Å². The number of hydrogen-bond donors (Lipinski definition) is 0. The molecule has 0 spiro atoms.